The van der Waals surface area contributed by atoms with E-state index >= 15 is 0 Å². The van der Waals surface area contributed by atoms with E-state index in [-0.39, 0.29) is 29.9 Å². The number of rotatable bonds is 5. The molecular weight excluding hydrogens is 284 g/mol. The lowest BCUT2D eigenvalue weighted by molar-refractivity contribution is -0.124. The smallest absolute Gasteiger partial charge is 0.237 e. The fourth-order valence-electron chi connectivity index (χ4n) is 3.18. The maximum atomic E-state index is 12.3. The van der Waals surface area contributed by atoms with Crippen molar-refractivity contribution in [1.82, 2.24) is 5.32 Å². The fraction of sp³-hybridized carbons (Fsp3) is 0.588. The van der Waals surface area contributed by atoms with Crippen LogP contribution < -0.4 is 11.1 Å². The second-order valence-corrected chi connectivity index (χ2v) is 6.04. The Labute approximate surface area is 134 Å². The van der Waals surface area contributed by atoms with Gasteiger partial charge in [0.15, 0.2) is 0 Å². The molecule has 118 valence electrons. The Bertz CT molecular complexity index is 470. The molecule has 0 aliphatic heterocycles. The fourth-order valence-corrected chi connectivity index (χ4v) is 3.18. The Hall–Kier alpha value is -1.06. The quantitative estimate of drug-likeness (QED) is 0.875. The predicted molar refractivity (Wildman–Crippen MR) is 89.6 cm³/mol. The van der Waals surface area contributed by atoms with E-state index in [9.17, 15) is 4.79 Å². The van der Waals surface area contributed by atoms with E-state index in [1.807, 2.05) is 0 Å². The first kappa shape index (κ1) is 18.0. The van der Waals surface area contributed by atoms with E-state index in [2.05, 4.69) is 43.4 Å². The summed E-state index contributed by atoms with van der Waals surface area (Å²) >= 11 is 0. The number of halogens is 1. The first-order chi connectivity index (χ1) is 9.57. The van der Waals surface area contributed by atoms with Crippen LogP contribution in [0.2, 0.25) is 0 Å². The lowest BCUT2D eigenvalue weighted by Gasteiger charge is -2.32. The van der Waals surface area contributed by atoms with Crippen molar-refractivity contribution in [2.45, 2.75) is 64.0 Å². The molecule has 0 aromatic heterocycles. The molecule has 1 saturated carbocycles. The molecule has 3 N–H and O–H groups in total. The van der Waals surface area contributed by atoms with E-state index in [1.165, 1.54) is 11.1 Å². The maximum Gasteiger partial charge on any atom is 0.237 e. The summed E-state index contributed by atoms with van der Waals surface area (Å²) in [6.07, 6.45) is 6.04. The van der Waals surface area contributed by atoms with Gasteiger partial charge in [-0.25, -0.2) is 0 Å². The van der Waals surface area contributed by atoms with Crippen LogP contribution in [0.5, 0.6) is 0 Å². The Balaban J connectivity index is 0.00000220. The number of hydrogen-bond acceptors (Lipinski definition) is 2. The minimum atomic E-state index is -0.387. The van der Waals surface area contributed by atoms with Gasteiger partial charge in [-0.1, -0.05) is 56.0 Å². The van der Waals surface area contributed by atoms with Crippen molar-refractivity contribution in [3.05, 3.63) is 35.4 Å². The van der Waals surface area contributed by atoms with Gasteiger partial charge in [-0.2, -0.15) is 0 Å². The van der Waals surface area contributed by atoms with Crippen molar-refractivity contribution in [2.24, 2.45) is 5.73 Å². The first-order valence-electron chi connectivity index (χ1n) is 7.72. The molecule has 0 saturated heterocycles. The van der Waals surface area contributed by atoms with Crippen LogP contribution in [0.3, 0.4) is 0 Å². The van der Waals surface area contributed by atoms with Crippen molar-refractivity contribution < 1.29 is 4.79 Å². The van der Waals surface area contributed by atoms with Gasteiger partial charge in [0.2, 0.25) is 5.91 Å². The number of nitrogens with two attached hydrogens (primary N) is 1. The third-order valence-corrected chi connectivity index (χ3v) is 4.33. The molecule has 1 fully saturated rings. The zero-order valence-corrected chi connectivity index (χ0v) is 13.8. The standard InChI is InChI=1S/C17H26N2O.ClH/c1-3-7-15(18)16(20)19-17(10-4-5-11-17)14-9-6-8-13(2)12-14;/h6,8-9,12,15H,3-5,7,10-11,18H2,1-2H3,(H,19,20);1H. The number of carbonyl (C=O) groups is 1. The Morgan fingerprint density at radius 2 is 2.05 bits per heavy atom. The lowest BCUT2D eigenvalue weighted by atomic mass is 9.87. The molecule has 2 rings (SSSR count). The molecule has 4 heteroatoms. The molecule has 3 nitrogen and oxygen atoms in total. The second-order valence-electron chi connectivity index (χ2n) is 6.04. The van der Waals surface area contributed by atoms with E-state index in [0.717, 1.165) is 38.5 Å². The van der Waals surface area contributed by atoms with Crippen molar-refractivity contribution in [3.8, 4) is 0 Å². The average molecular weight is 311 g/mol. The summed E-state index contributed by atoms with van der Waals surface area (Å²) < 4.78 is 0. The van der Waals surface area contributed by atoms with Gasteiger partial charge >= 0.3 is 0 Å². The molecule has 0 bridgehead atoms. The van der Waals surface area contributed by atoms with E-state index in [0.29, 0.717) is 0 Å². The van der Waals surface area contributed by atoms with Crippen molar-refractivity contribution in [2.75, 3.05) is 0 Å². The number of nitrogens with one attached hydrogen (secondary N) is 1. The topological polar surface area (TPSA) is 55.1 Å². The average Bonchev–Trinajstić information content (AvgIpc) is 2.89. The van der Waals surface area contributed by atoms with Crippen LogP contribution in [-0.4, -0.2) is 11.9 Å². The molecular formula is C17H27ClN2O. The third kappa shape index (κ3) is 4.21. The SMILES string of the molecule is CCCC(N)C(=O)NC1(c2cccc(C)c2)CCCC1.Cl. The van der Waals surface area contributed by atoms with Gasteiger partial charge in [-0.05, 0) is 31.7 Å². The first-order valence-corrected chi connectivity index (χ1v) is 7.72. The number of aryl methyl sites for hydroxylation is 1. The third-order valence-electron chi connectivity index (χ3n) is 4.33. The molecule has 1 aliphatic carbocycles. The van der Waals surface area contributed by atoms with Gasteiger partial charge in [0.1, 0.15) is 0 Å². The molecule has 1 unspecified atom stereocenters. The molecule has 1 atom stereocenters. The molecule has 21 heavy (non-hydrogen) atoms. The number of carbonyl (C=O) groups excluding carboxylic acids is 1. The predicted octanol–water partition coefficient (Wildman–Crippen LogP) is 3.43. The van der Waals surface area contributed by atoms with Gasteiger partial charge in [0, 0.05) is 0 Å². The highest BCUT2D eigenvalue weighted by Gasteiger charge is 2.37. The molecule has 1 aromatic rings. The number of benzene rings is 1. The molecule has 1 aliphatic rings. The highest BCUT2D eigenvalue weighted by atomic mass is 35.5. The van der Waals surface area contributed by atoms with Crippen molar-refractivity contribution in [3.63, 3.8) is 0 Å². The van der Waals surface area contributed by atoms with Gasteiger partial charge in [-0.3, -0.25) is 4.79 Å². The summed E-state index contributed by atoms with van der Waals surface area (Å²) in [7, 11) is 0. The summed E-state index contributed by atoms with van der Waals surface area (Å²) in [4.78, 5) is 12.3. The minimum Gasteiger partial charge on any atom is -0.345 e. The van der Waals surface area contributed by atoms with Gasteiger partial charge in [-0.15, -0.1) is 12.4 Å². The Kier molecular flexibility index (Phi) is 6.69. The van der Waals surface area contributed by atoms with Crippen LogP contribution in [0.25, 0.3) is 0 Å². The van der Waals surface area contributed by atoms with E-state index in [1.54, 1.807) is 0 Å². The zero-order chi connectivity index (χ0) is 14.6. The summed E-state index contributed by atoms with van der Waals surface area (Å²) in [5, 5.41) is 3.26. The van der Waals surface area contributed by atoms with Crippen LogP contribution in [0, 0.1) is 6.92 Å². The number of amides is 1. The van der Waals surface area contributed by atoms with Crippen molar-refractivity contribution >= 4 is 18.3 Å². The molecule has 0 heterocycles. The normalized spacial score (nSPS) is 17.9. The molecule has 1 amide bonds. The minimum absolute atomic E-state index is 0. The summed E-state index contributed by atoms with van der Waals surface area (Å²) in [6.45, 7) is 4.15. The van der Waals surface area contributed by atoms with Crippen LogP contribution in [0.1, 0.15) is 56.6 Å². The lowest BCUT2D eigenvalue weighted by Crippen LogP contribution is -2.50. The number of hydrogen-bond donors (Lipinski definition) is 2. The van der Waals surface area contributed by atoms with Crippen molar-refractivity contribution in [1.29, 1.82) is 0 Å². The molecule has 1 aromatic carbocycles. The van der Waals surface area contributed by atoms with Gasteiger partial charge < -0.3 is 11.1 Å². The van der Waals surface area contributed by atoms with E-state index < -0.39 is 0 Å². The van der Waals surface area contributed by atoms with Crippen LogP contribution in [0.4, 0.5) is 0 Å². The van der Waals surface area contributed by atoms with Crippen LogP contribution >= 0.6 is 12.4 Å². The summed E-state index contributed by atoms with van der Waals surface area (Å²) in [5.41, 5.74) is 8.23. The monoisotopic (exact) mass is 310 g/mol. The van der Waals surface area contributed by atoms with Gasteiger partial charge in [0.25, 0.3) is 0 Å². The Morgan fingerprint density at radius 1 is 1.38 bits per heavy atom. The van der Waals surface area contributed by atoms with Crippen LogP contribution in [0.15, 0.2) is 24.3 Å². The van der Waals surface area contributed by atoms with Crippen LogP contribution in [-0.2, 0) is 10.3 Å². The van der Waals surface area contributed by atoms with E-state index in [4.69, 9.17) is 5.73 Å². The van der Waals surface area contributed by atoms with Gasteiger partial charge in [0.05, 0.1) is 11.6 Å². The highest BCUT2D eigenvalue weighted by Crippen LogP contribution is 2.39. The summed E-state index contributed by atoms with van der Waals surface area (Å²) in [5.74, 6) is -0.00439. The second kappa shape index (κ2) is 7.81. The summed E-state index contributed by atoms with van der Waals surface area (Å²) in [6, 6.07) is 8.10. The zero-order valence-electron chi connectivity index (χ0n) is 13.0. The highest BCUT2D eigenvalue weighted by molar-refractivity contribution is 5.85. The largest absolute Gasteiger partial charge is 0.345 e. The molecule has 0 spiro atoms. The Morgan fingerprint density at radius 3 is 2.62 bits per heavy atom. The molecule has 0 radical (unpaired) electrons. The maximum absolute atomic E-state index is 12.3.